The Morgan fingerprint density at radius 2 is 2.10 bits per heavy atom. The summed E-state index contributed by atoms with van der Waals surface area (Å²) in [7, 11) is 0. The number of benzene rings is 2. The lowest BCUT2D eigenvalue weighted by Gasteiger charge is -2.17. The number of hydrogen-bond donors (Lipinski definition) is 2. The first kappa shape index (κ1) is 19.4. The van der Waals surface area contributed by atoms with Crippen molar-refractivity contribution >= 4 is 46.2 Å². The third kappa shape index (κ3) is 4.55. The smallest absolute Gasteiger partial charge is 0.246 e. The highest BCUT2D eigenvalue weighted by Gasteiger charge is 2.21. The number of halogens is 1. The van der Waals surface area contributed by atoms with Gasteiger partial charge in [0.2, 0.25) is 17.6 Å². The molecular weight excluding hydrogens is 410 g/mol. The minimum absolute atomic E-state index is 0.147. The maximum absolute atomic E-state index is 11.9. The maximum atomic E-state index is 11.9. The number of anilines is 2. The third-order valence-electron chi connectivity index (χ3n) is 4.47. The van der Waals surface area contributed by atoms with Gasteiger partial charge in [0.1, 0.15) is 0 Å². The number of hydrogen-bond acceptors (Lipinski definition) is 5. The number of nitrogens with zero attached hydrogens (tertiary/aromatic N) is 3. The Balaban J connectivity index is 1.35. The van der Waals surface area contributed by atoms with E-state index >= 15 is 0 Å². The molecule has 3 aromatic rings. The molecule has 29 heavy (non-hydrogen) atoms. The van der Waals surface area contributed by atoms with E-state index in [4.69, 9.17) is 28.3 Å². The van der Waals surface area contributed by atoms with Gasteiger partial charge in [0.15, 0.2) is 5.11 Å². The second-order valence-corrected chi connectivity index (χ2v) is 7.31. The molecule has 2 heterocycles. The Morgan fingerprint density at radius 3 is 2.90 bits per heavy atom. The molecule has 1 fully saturated rings. The molecule has 2 aromatic carbocycles. The van der Waals surface area contributed by atoms with Gasteiger partial charge < -0.3 is 20.1 Å². The number of aromatic nitrogens is 2. The van der Waals surface area contributed by atoms with Gasteiger partial charge in [-0.05, 0) is 49.0 Å². The highest BCUT2D eigenvalue weighted by Crippen LogP contribution is 2.25. The van der Waals surface area contributed by atoms with E-state index in [1.165, 1.54) is 0 Å². The van der Waals surface area contributed by atoms with Crippen LogP contribution in [-0.4, -0.2) is 27.7 Å². The largest absolute Gasteiger partial charge is 0.353 e. The van der Waals surface area contributed by atoms with Crippen LogP contribution in [0.5, 0.6) is 0 Å². The summed E-state index contributed by atoms with van der Waals surface area (Å²) in [5, 5.41) is 11.1. The molecule has 0 bridgehead atoms. The molecule has 9 heteroatoms. The predicted molar refractivity (Wildman–Crippen MR) is 116 cm³/mol. The zero-order valence-electron chi connectivity index (χ0n) is 15.4. The van der Waals surface area contributed by atoms with Crippen molar-refractivity contribution in [2.45, 2.75) is 19.4 Å². The standard InChI is InChI=1S/C20H18ClN5O2S/c21-16-8-2-1-7-15(16)19-24-17(28-25-19)12-22-20(29)23-13-5-3-6-14(11-13)26-10-4-9-18(26)27/h1-3,5-8,11H,4,9-10,12H2,(H2,22,23,29). The van der Waals surface area contributed by atoms with Crippen LogP contribution < -0.4 is 15.5 Å². The van der Waals surface area contributed by atoms with E-state index in [0.29, 0.717) is 33.8 Å². The topological polar surface area (TPSA) is 83.3 Å². The lowest BCUT2D eigenvalue weighted by molar-refractivity contribution is -0.117. The number of rotatable bonds is 5. The van der Waals surface area contributed by atoms with Crippen LogP contribution >= 0.6 is 23.8 Å². The average Bonchev–Trinajstić information content (AvgIpc) is 3.36. The van der Waals surface area contributed by atoms with E-state index in [2.05, 4.69) is 20.8 Å². The van der Waals surface area contributed by atoms with Gasteiger partial charge in [0, 0.05) is 29.9 Å². The van der Waals surface area contributed by atoms with Crippen molar-refractivity contribution in [2.75, 3.05) is 16.8 Å². The fourth-order valence-electron chi connectivity index (χ4n) is 3.08. The molecule has 0 aliphatic carbocycles. The summed E-state index contributed by atoms with van der Waals surface area (Å²) in [6.07, 6.45) is 1.48. The number of nitrogens with one attached hydrogen (secondary N) is 2. The van der Waals surface area contributed by atoms with Crippen molar-refractivity contribution in [3.05, 3.63) is 59.4 Å². The number of amides is 1. The van der Waals surface area contributed by atoms with Crippen LogP contribution in [0.25, 0.3) is 11.4 Å². The molecule has 1 aliphatic heterocycles. The second kappa shape index (κ2) is 8.59. The molecular formula is C20H18ClN5O2S. The van der Waals surface area contributed by atoms with Crippen molar-refractivity contribution in [1.29, 1.82) is 0 Å². The van der Waals surface area contributed by atoms with Crippen LogP contribution in [0, 0.1) is 0 Å². The first-order chi connectivity index (χ1) is 14.1. The van der Waals surface area contributed by atoms with Gasteiger partial charge in [-0.1, -0.05) is 35.0 Å². The quantitative estimate of drug-likeness (QED) is 0.595. The Labute approximate surface area is 178 Å². The monoisotopic (exact) mass is 427 g/mol. The molecule has 0 unspecified atom stereocenters. The van der Waals surface area contributed by atoms with E-state index in [1.54, 1.807) is 11.0 Å². The van der Waals surface area contributed by atoms with E-state index < -0.39 is 0 Å². The lowest BCUT2D eigenvalue weighted by Crippen LogP contribution is -2.28. The summed E-state index contributed by atoms with van der Waals surface area (Å²) in [5.74, 6) is 0.961. The van der Waals surface area contributed by atoms with Crippen LogP contribution in [-0.2, 0) is 11.3 Å². The van der Waals surface area contributed by atoms with Crippen molar-refractivity contribution in [1.82, 2.24) is 15.5 Å². The molecule has 0 spiro atoms. The Bertz CT molecular complexity index is 1050. The van der Waals surface area contributed by atoms with Gasteiger partial charge in [-0.25, -0.2) is 0 Å². The van der Waals surface area contributed by atoms with E-state index in [0.717, 1.165) is 24.3 Å². The van der Waals surface area contributed by atoms with E-state index in [1.807, 2.05) is 42.5 Å². The molecule has 1 aliphatic rings. The molecule has 4 rings (SSSR count). The molecule has 1 amide bonds. The summed E-state index contributed by atoms with van der Waals surface area (Å²) < 4.78 is 5.26. The number of carbonyl (C=O) groups is 1. The van der Waals surface area contributed by atoms with Crippen LogP contribution in [0.1, 0.15) is 18.7 Å². The summed E-state index contributed by atoms with van der Waals surface area (Å²) in [6.45, 7) is 1.02. The molecule has 0 saturated carbocycles. The molecule has 0 atom stereocenters. The summed E-state index contributed by atoms with van der Waals surface area (Å²) in [5.41, 5.74) is 2.36. The molecule has 7 nitrogen and oxygen atoms in total. The molecule has 2 N–H and O–H groups in total. The predicted octanol–water partition coefficient (Wildman–Crippen LogP) is 4.00. The number of carbonyl (C=O) groups excluding carboxylic acids is 1. The highest BCUT2D eigenvalue weighted by atomic mass is 35.5. The Kier molecular flexibility index (Phi) is 5.73. The van der Waals surface area contributed by atoms with Gasteiger partial charge in [-0.2, -0.15) is 4.98 Å². The average molecular weight is 428 g/mol. The first-order valence-electron chi connectivity index (χ1n) is 9.13. The third-order valence-corrected chi connectivity index (χ3v) is 5.05. The fourth-order valence-corrected chi connectivity index (χ4v) is 3.49. The maximum Gasteiger partial charge on any atom is 0.246 e. The van der Waals surface area contributed by atoms with Crippen LogP contribution in [0.15, 0.2) is 53.1 Å². The molecule has 148 valence electrons. The first-order valence-corrected chi connectivity index (χ1v) is 9.91. The van der Waals surface area contributed by atoms with Crippen LogP contribution in [0.3, 0.4) is 0 Å². The zero-order chi connectivity index (χ0) is 20.2. The molecule has 1 aromatic heterocycles. The molecule has 1 saturated heterocycles. The van der Waals surface area contributed by atoms with Crippen LogP contribution in [0.2, 0.25) is 5.02 Å². The Hall–Kier alpha value is -2.97. The summed E-state index contributed by atoms with van der Waals surface area (Å²) >= 11 is 11.5. The lowest BCUT2D eigenvalue weighted by atomic mass is 10.2. The Morgan fingerprint density at radius 1 is 1.24 bits per heavy atom. The van der Waals surface area contributed by atoms with Gasteiger partial charge >= 0.3 is 0 Å². The summed E-state index contributed by atoms with van der Waals surface area (Å²) in [6, 6.07) is 14.9. The fraction of sp³-hybridized carbons (Fsp3) is 0.200. The normalized spacial score (nSPS) is 13.6. The van der Waals surface area contributed by atoms with Gasteiger partial charge in [0.25, 0.3) is 0 Å². The van der Waals surface area contributed by atoms with Gasteiger partial charge in [-0.3, -0.25) is 4.79 Å². The van der Waals surface area contributed by atoms with Crippen molar-refractivity contribution < 1.29 is 9.32 Å². The van der Waals surface area contributed by atoms with Crippen molar-refractivity contribution in [3.8, 4) is 11.4 Å². The zero-order valence-corrected chi connectivity index (χ0v) is 17.0. The van der Waals surface area contributed by atoms with Gasteiger partial charge in [-0.15, -0.1) is 0 Å². The van der Waals surface area contributed by atoms with Gasteiger partial charge in [0.05, 0.1) is 11.6 Å². The van der Waals surface area contributed by atoms with Crippen LogP contribution in [0.4, 0.5) is 11.4 Å². The van der Waals surface area contributed by atoms with E-state index in [-0.39, 0.29) is 12.5 Å². The SMILES string of the molecule is O=C1CCCN1c1cccc(NC(=S)NCc2nc(-c3ccccc3Cl)no2)c1. The van der Waals surface area contributed by atoms with Crippen molar-refractivity contribution in [2.24, 2.45) is 0 Å². The van der Waals surface area contributed by atoms with E-state index in [9.17, 15) is 4.79 Å². The summed E-state index contributed by atoms with van der Waals surface area (Å²) in [4.78, 5) is 18.1. The minimum Gasteiger partial charge on any atom is -0.353 e. The minimum atomic E-state index is 0.147. The second-order valence-electron chi connectivity index (χ2n) is 6.50. The highest BCUT2D eigenvalue weighted by molar-refractivity contribution is 7.80. The molecule has 0 radical (unpaired) electrons. The number of thiocarbonyl (C=S) groups is 1. The van der Waals surface area contributed by atoms with Crippen molar-refractivity contribution in [3.63, 3.8) is 0 Å².